The van der Waals surface area contributed by atoms with E-state index in [9.17, 15) is 9.59 Å². The molecule has 1 amide bonds. The van der Waals surface area contributed by atoms with Crippen LogP contribution in [-0.2, 0) is 0 Å². The van der Waals surface area contributed by atoms with Crippen LogP contribution in [0.1, 0.15) is 27.7 Å². The third-order valence-electron chi connectivity index (χ3n) is 4.36. The van der Waals surface area contributed by atoms with E-state index in [1.54, 1.807) is 53.4 Å². The van der Waals surface area contributed by atoms with E-state index >= 15 is 0 Å². The number of hydrogen-bond donors (Lipinski definition) is 0. The summed E-state index contributed by atoms with van der Waals surface area (Å²) in [6, 6.07) is 13.6. The van der Waals surface area contributed by atoms with Gasteiger partial charge in [0, 0.05) is 11.6 Å². The first-order valence-electron chi connectivity index (χ1n) is 7.85. The first kappa shape index (κ1) is 15.7. The lowest BCUT2D eigenvalue weighted by molar-refractivity contribution is 0.0748. The quantitative estimate of drug-likeness (QED) is 0.665. The average molecular weight is 352 g/mol. The predicted octanol–water partition coefficient (Wildman–Crippen LogP) is 4.18. The molecule has 1 aliphatic heterocycles. The van der Waals surface area contributed by atoms with Crippen LogP contribution in [0.4, 0.5) is 0 Å². The number of carbonyl (C=O) groups excluding carboxylic acids is 1. The van der Waals surface area contributed by atoms with Crippen molar-refractivity contribution in [2.24, 2.45) is 0 Å². The Labute approximate surface area is 148 Å². The highest BCUT2D eigenvalue weighted by atomic mass is 35.5. The fourth-order valence-corrected chi connectivity index (χ4v) is 3.52. The van der Waals surface area contributed by atoms with Crippen LogP contribution in [0.3, 0.4) is 0 Å². The fourth-order valence-electron chi connectivity index (χ4n) is 3.32. The van der Waals surface area contributed by atoms with Crippen LogP contribution in [0, 0.1) is 0 Å². The van der Waals surface area contributed by atoms with Crippen LogP contribution in [0.5, 0.6) is 0 Å². The molecule has 5 heteroatoms. The van der Waals surface area contributed by atoms with E-state index in [0.29, 0.717) is 28.1 Å². The molecule has 4 nitrogen and oxygen atoms in total. The maximum Gasteiger partial charge on any atom is 0.291 e. The molecule has 0 bridgehead atoms. The molecule has 124 valence electrons. The molecular weight excluding hydrogens is 338 g/mol. The summed E-state index contributed by atoms with van der Waals surface area (Å²) in [7, 11) is 0. The Morgan fingerprint density at radius 3 is 2.72 bits per heavy atom. The monoisotopic (exact) mass is 351 g/mol. The Morgan fingerprint density at radius 1 is 1.16 bits per heavy atom. The molecule has 1 aliphatic rings. The Bertz CT molecular complexity index is 1070. The highest BCUT2D eigenvalue weighted by molar-refractivity contribution is 6.30. The minimum Gasteiger partial charge on any atom is -0.450 e. The molecule has 0 N–H and O–H groups in total. The summed E-state index contributed by atoms with van der Waals surface area (Å²) in [6.07, 6.45) is 1.63. The average Bonchev–Trinajstić information content (AvgIpc) is 2.89. The molecule has 0 fully saturated rings. The van der Waals surface area contributed by atoms with Gasteiger partial charge in [-0.3, -0.25) is 9.59 Å². The number of para-hydroxylation sites is 1. The summed E-state index contributed by atoms with van der Waals surface area (Å²) in [4.78, 5) is 27.5. The minimum atomic E-state index is -0.542. The second-order valence-electron chi connectivity index (χ2n) is 5.87. The zero-order valence-corrected chi connectivity index (χ0v) is 14.0. The van der Waals surface area contributed by atoms with Crippen molar-refractivity contribution >= 4 is 28.5 Å². The van der Waals surface area contributed by atoms with Gasteiger partial charge in [0.1, 0.15) is 5.58 Å². The maximum atomic E-state index is 13.1. The molecule has 1 aromatic heterocycles. The molecule has 0 saturated heterocycles. The number of rotatable bonds is 3. The highest BCUT2D eigenvalue weighted by Gasteiger charge is 2.42. The largest absolute Gasteiger partial charge is 0.450 e. The first-order valence-corrected chi connectivity index (χ1v) is 8.22. The topological polar surface area (TPSA) is 50.5 Å². The van der Waals surface area contributed by atoms with Gasteiger partial charge in [0.05, 0.1) is 17.0 Å². The number of halogens is 1. The normalized spacial score (nSPS) is 16.3. The van der Waals surface area contributed by atoms with Crippen molar-refractivity contribution in [2.75, 3.05) is 6.54 Å². The van der Waals surface area contributed by atoms with E-state index in [4.69, 9.17) is 16.0 Å². The summed E-state index contributed by atoms with van der Waals surface area (Å²) in [5.74, 6) is -0.224. The van der Waals surface area contributed by atoms with E-state index in [2.05, 4.69) is 6.58 Å². The van der Waals surface area contributed by atoms with Gasteiger partial charge in [-0.1, -0.05) is 41.9 Å². The van der Waals surface area contributed by atoms with Gasteiger partial charge >= 0.3 is 0 Å². The van der Waals surface area contributed by atoms with Gasteiger partial charge in [0.25, 0.3) is 5.91 Å². The Kier molecular flexibility index (Phi) is 3.70. The zero-order valence-electron chi connectivity index (χ0n) is 13.2. The van der Waals surface area contributed by atoms with E-state index in [1.807, 2.05) is 6.07 Å². The van der Waals surface area contributed by atoms with Crippen molar-refractivity contribution < 1.29 is 9.21 Å². The molecule has 1 atom stereocenters. The van der Waals surface area contributed by atoms with Gasteiger partial charge in [-0.2, -0.15) is 0 Å². The minimum absolute atomic E-state index is 0.0931. The number of fused-ring (bicyclic) bond motifs is 2. The standard InChI is InChI=1S/C20H14ClNO3/c1-2-10-22-17(12-6-5-7-13(21)11-12)16-18(23)14-8-3-4-9-15(14)25-19(16)20(22)24/h2-9,11,17H,1,10H2. The Balaban J connectivity index is 2.04. The molecule has 1 unspecified atom stereocenters. The van der Waals surface area contributed by atoms with Crippen LogP contribution < -0.4 is 5.43 Å². The molecule has 2 heterocycles. The van der Waals surface area contributed by atoms with Gasteiger partial charge in [0.15, 0.2) is 5.43 Å². The molecule has 4 rings (SSSR count). The fraction of sp³-hybridized carbons (Fsp3) is 0.100. The van der Waals surface area contributed by atoms with Crippen molar-refractivity contribution in [3.05, 3.63) is 93.3 Å². The van der Waals surface area contributed by atoms with Gasteiger partial charge in [0.2, 0.25) is 5.76 Å². The Hall–Kier alpha value is -2.85. The van der Waals surface area contributed by atoms with Gasteiger partial charge in [-0.15, -0.1) is 6.58 Å². The Morgan fingerprint density at radius 2 is 1.96 bits per heavy atom. The summed E-state index contributed by atoms with van der Waals surface area (Å²) < 4.78 is 5.80. The molecule has 25 heavy (non-hydrogen) atoms. The SMILES string of the molecule is C=CCN1C(=O)c2oc3ccccc3c(=O)c2C1c1cccc(Cl)c1. The third-order valence-corrected chi connectivity index (χ3v) is 4.60. The van der Waals surface area contributed by atoms with Crippen molar-refractivity contribution in [3.63, 3.8) is 0 Å². The lowest BCUT2D eigenvalue weighted by Gasteiger charge is -2.23. The zero-order chi connectivity index (χ0) is 17.6. The first-order chi connectivity index (χ1) is 12.1. The lowest BCUT2D eigenvalue weighted by Crippen LogP contribution is -2.29. The van der Waals surface area contributed by atoms with Crippen LogP contribution in [0.2, 0.25) is 5.02 Å². The summed E-state index contributed by atoms with van der Waals surface area (Å²) in [5.41, 5.74) is 1.34. The van der Waals surface area contributed by atoms with Gasteiger partial charge < -0.3 is 9.32 Å². The molecule has 0 aliphatic carbocycles. The van der Waals surface area contributed by atoms with Crippen LogP contribution in [0.15, 0.2) is 70.4 Å². The van der Waals surface area contributed by atoms with E-state index in [1.165, 1.54) is 0 Å². The third kappa shape index (κ3) is 2.37. The number of nitrogens with zero attached hydrogens (tertiary/aromatic N) is 1. The van der Waals surface area contributed by atoms with Gasteiger partial charge in [-0.05, 0) is 29.8 Å². The van der Waals surface area contributed by atoms with Crippen molar-refractivity contribution in [1.82, 2.24) is 4.90 Å². The van der Waals surface area contributed by atoms with Gasteiger partial charge in [-0.25, -0.2) is 0 Å². The van der Waals surface area contributed by atoms with E-state index in [0.717, 1.165) is 5.56 Å². The summed E-state index contributed by atoms with van der Waals surface area (Å²) >= 11 is 6.12. The van der Waals surface area contributed by atoms with E-state index in [-0.39, 0.29) is 17.1 Å². The number of carbonyl (C=O) groups is 1. The van der Waals surface area contributed by atoms with Crippen molar-refractivity contribution in [1.29, 1.82) is 0 Å². The molecule has 2 aromatic carbocycles. The highest BCUT2D eigenvalue weighted by Crippen LogP contribution is 2.38. The molecule has 0 radical (unpaired) electrons. The predicted molar refractivity (Wildman–Crippen MR) is 97.0 cm³/mol. The number of hydrogen-bond acceptors (Lipinski definition) is 3. The van der Waals surface area contributed by atoms with Crippen LogP contribution in [0.25, 0.3) is 11.0 Å². The van der Waals surface area contributed by atoms with Crippen molar-refractivity contribution in [3.8, 4) is 0 Å². The smallest absolute Gasteiger partial charge is 0.291 e. The van der Waals surface area contributed by atoms with Crippen LogP contribution in [-0.4, -0.2) is 17.4 Å². The maximum absolute atomic E-state index is 13.1. The second kappa shape index (κ2) is 5.90. The van der Waals surface area contributed by atoms with E-state index < -0.39 is 6.04 Å². The molecule has 0 spiro atoms. The lowest BCUT2D eigenvalue weighted by atomic mass is 9.98. The molecule has 0 saturated carbocycles. The summed E-state index contributed by atoms with van der Waals surface area (Å²) in [6.45, 7) is 4.02. The number of benzene rings is 2. The summed E-state index contributed by atoms with van der Waals surface area (Å²) in [5, 5.41) is 1.00. The molecular formula is C20H14ClNO3. The van der Waals surface area contributed by atoms with Crippen molar-refractivity contribution in [2.45, 2.75) is 6.04 Å². The second-order valence-corrected chi connectivity index (χ2v) is 6.31. The molecule has 3 aromatic rings. The number of amides is 1. The van der Waals surface area contributed by atoms with Crippen LogP contribution >= 0.6 is 11.6 Å².